The highest BCUT2D eigenvalue weighted by atomic mass is 32.1. The first kappa shape index (κ1) is 15.1. The van der Waals surface area contributed by atoms with Gasteiger partial charge in [-0.1, -0.05) is 12.1 Å². The minimum absolute atomic E-state index is 0.334. The lowest BCUT2D eigenvalue weighted by Crippen LogP contribution is -2.14. The zero-order valence-electron chi connectivity index (χ0n) is 11.9. The first-order valence-electron chi connectivity index (χ1n) is 6.20. The number of esters is 1. The fraction of sp³-hybridized carbons (Fsp3) is 0.200. The van der Waals surface area contributed by atoms with Gasteiger partial charge in [-0.2, -0.15) is 0 Å². The second-order valence-corrected chi connectivity index (χ2v) is 5.50. The molecule has 0 fully saturated rings. The predicted molar refractivity (Wildman–Crippen MR) is 81.3 cm³/mol. The van der Waals surface area contributed by atoms with Crippen molar-refractivity contribution in [3.05, 3.63) is 46.3 Å². The maximum absolute atomic E-state index is 12.3. The van der Waals surface area contributed by atoms with E-state index in [4.69, 9.17) is 9.47 Å². The van der Waals surface area contributed by atoms with E-state index in [1.54, 1.807) is 30.3 Å². The largest absolute Gasteiger partial charge is 0.496 e. The Morgan fingerprint density at radius 2 is 1.86 bits per heavy atom. The molecule has 6 heteroatoms. The van der Waals surface area contributed by atoms with E-state index >= 15 is 0 Å². The van der Waals surface area contributed by atoms with Crippen molar-refractivity contribution in [3.8, 4) is 5.75 Å². The molecule has 0 aliphatic carbocycles. The molecular weight excluding hydrogens is 290 g/mol. The molecule has 0 saturated carbocycles. The number of ether oxygens (including phenoxy) is 2. The Bertz CT molecular complexity index is 678. The smallest absolute Gasteiger partial charge is 0.340 e. The fourth-order valence-electron chi connectivity index (χ4n) is 1.87. The van der Waals surface area contributed by atoms with E-state index < -0.39 is 5.97 Å². The third-order valence-corrected chi connectivity index (χ3v) is 3.81. The molecule has 0 aliphatic heterocycles. The lowest BCUT2D eigenvalue weighted by molar-refractivity contribution is 0.0602. The van der Waals surface area contributed by atoms with E-state index in [0.717, 1.165) is 4.88 Å². The summed E-state index contributed by atoms with van der Waals surface area (Å²) in [6.07, 6.45) is 0. The van der Waals surface area contributed by atoms with Crippen molar-refractivity contribution in [1.29, 1.82) is 0 Å². The molecule has 0 atom stereocenters. The SMILES string of the molecule is COC(=O)c1cc(C)sc1NC(=O)c1ccccc1OC. The number of rotatable bonds is 4. The van der Waals surface area contributed by atoms with Gasteiger partial charge >= 0.3 is 5.97 Å². The van der Waals surface area contributed by atoms with Crippen molar-refractivity contribution in [1.82, 2.24) is 0 Å². The van der Waals surface area contributed by atoms with E-state index in [2.05, 4.69) is 5.32 Å². The molecule has 1 aromatic carbocycles. The van der Waals surface area contributed by atoms with Gasteiger partial charge in [0.05, 0.1) is 25.3 Å². The van der Waals surface area contributed by atoms with Gasteiger partial charge in [0.1, 0.15) is 10.8 Å². The Morgan fingerprint density at radius 1 is 1.14 bits per heavy atom. The summed E-state index contributed by atoms with van der Waals surface area (Å²) >= 11 is 1.32. The molecule has 0 bridgehead atoms. The van der Waals surface area contributed by atoms with E-state index in [0.29, 0.717) is 21.9 Å². The molecule has 21 heavy (non-hydrogen) atoms. The summed E-state index contributed by atoms with van der Waals surface area (Å²) in [4.78, 5) is 24.9. The summed E-state index contributed by atoms with van der Waals surface area (Å²) in [5, 5.41) is 3.20. The van der Waals surface area contributed by atoms with Gasteiger partial charge in [0.2, 0.25) is 0 Å². The normalized spacial score (nSPS) is 10.0. The highest BCUT2D eigenvalue weighted by molar-refractivity contribution is 7.16. The van der Waals surface area contributed by atoms with Gasteiger partial charge in [-0.3, -0.25) is 4.79 Å². The van der Waals surface area contributed by atoms with Crippen LogP contribution in [0.5, 0.6) is 5.75 Å². The third kappa shape index (κ3) is 3.22. The van der Waals surface area contributed by atoms with Crippen LogP contribution < -0.4 is 10.1 Å². The zero-order chi connectivity index (χ0) is 15.4. The van der Waals surface area contributed by atoms with Crippen LogP contribution in [0, 0.1) is 6.92 Å². The van der Waals surface area contributed by atoms with Crippen LogP contribution in [0.3, 0.4) is 0 Å². The lowest BCUT2D eigenvalue weighted by Gasteiger charge is -2.08. The number of hydrogen-bond donors (Lipinski definition) is 1. The van der Waals surface area contributed by atoms with Gasteiger partial charge in [-0.05, 0) is 25.1 Å². The molecule has 0 unspecified atom stereocenters. The third-order valence-electron chi connectivity index (χ3n) is 2.84. The van der Waals surface area contributed by atoms with Crippen LogP contribution in [0.2, 0.25) is 0 Å². The first-order chi connectivity index (χ1) is 10.1. The average Bonchev–Trinajstić information content (AvgIpc) is 2.86. The van der Waals surface area contributed by atoms with Crippen molar-refractivity contribution >= 4 is 28.2 Å². The molecular formula is C15H15NO4S. The van der Waals surface area contributed by atoms with Crippen LogP contribution >= 0.6 is 11.3 Å². The molecule has 0 saturated heterocycles. The van der Waals surface area contributed by atoms with E-state index in [9.17, 15) is 9.59 Å². The quantitative estimate of drug-likeness (QED) is 0.882. The summed E-state index contributed by atoms with van der Waals surface area (Å²) < 4.78 is 9.87. The molecule has 1 N–H and O–H groups in total. The van der Waals surface area contributed by atoms with Crippen molar-refractivity contribution in [2.24, 2.45) is 0 Å². The van der Waals surface area contributed by atoms with Gasteiger partial charge in [0.15, 0.2) is 0 Å². The van der Waals surface area contributed by atoms with Crippen molar-refractivity contribution in [2.75, 3.05) is 19.5 Å². The van der Waals surface area contributed by atoms with Crippen LogP contribution in [0.15, 0.2) is 30.3 Å². The van der Waals surface area contributed by atoms with Crippen LogP contribution in [-0.4, -0.2) is 26.1 Å². The number of anilines is 1. The van der Waals surface area contributed by atoms with E-state index in [1.807, 2.05) is 6.92 Å². The molecule has 1 heterocycles. The Balaban J connectivity index is 2.30. The van der Waals surface area contributed by atoms with Crippen LogP contribution in [0.1, 0.15) is 25.6 Å². The Kier molecular flexibility index (Phi) is 4.59. The summed E-state index contributed by atoms with van der Waals surface area (Å²) in [7, 11) is 2.81. The molecule has 2 rings (SSSR count). The number of para-hydroxylation sites is 1. The summed E-state index contributed by atoms with van der Waals surface area (Å²) in [5.74, 6) is -0.336. The second kappa shape index (κ2) is 6.41. The summed E-state index contributed by atoms with van der Waals surface area (Å²) in [5.41, 5.74) is 0.755. The number of carbonyl (C=O) groups excluding carboxylic acids is 2. The number of methoxy groups -OCH3 is 2. The van der Waals surface area contributed by atoms with Gasteiger partial charge < -0.3 is 14.8 Å². The van der Waals surface area contributed by atoms with Gasteiger partial charge in [-0.25, -0.2) is 4.79 Å². The highest BCUT2D eigenvalue weighted by Gasteiger charge is 2.19. The summed E-state index contributed by atoms with van der Waals surface area (Å²) in [6, 6.07) is 8.58. The molecule has 110 valence electrons. The molecule has 1 amide bonds. The van der Waals surface area contributed by atoms with Crippen molar-refractivity contribution in [2.45, 2.75) is 6.92 Å². The number of carbonyl (C=O) groups is 2. The second-order valence-electron chi connectivity index (χ2n) is 4.25. The van der Waals surface area contributed by atoms with Gasteiger partial charge in [-0.15, -0.1) is 11.3 Å². The van der Waals surface area contributed by atoms with Gasteiger partial charge in [0.25, 0.3) is 5.91 Å². The van der Waals surface area contributed by atoms with E-state index in [-0.39, 0.29) is 5.91 Å². The minimum atomic E-state index is -0.477. The Labute approximate surface area is 126 Å². The van der Waals surface area contributed by atoms with Crippen LogP contribution in [-0.2, 0) is 4.74 Å². The average molecular weight is 305 g/mol. The molecule has 0 radical (unpaired) electrons. The lowest BCUT2D eigenvalue weighted by atomic mass is 10.2. The molecule has 1 aromatic heterocycles. The molecule has 2 aromatic rings. The highest BCUT2D eigenvalue weighted by Crippen LogP contribution is 2.29. The number of hydrogen-bond acceptors (Lipinski definition) is 5. The topological polar surface area (TPSA) is 64.6 Å². The predicted octanol–water partition coefficient (Wildman–Crippen LogP) is 3.10. The van der Waals surface area contributed by atoms with E-state index in [1.165, 1.54) is 25.6 Å². The van der Waals surface area contributed by atoms with Crippen molar-refractivity contribution < 1.29 is 19.1 Å². The summed E-state index contributed by atoms with van der Waals surface area (Å²) in [6.45, 7) is 1.86. The van der Waals surface area contributed by atoms with Crippen LogP contribution in [0.4, 0.5) is 5.00 Å². The Hall–Kier alpha value is -2.34. The Morgan fingerprint density at radius 3 is 2.52 bits per heavy atom. The maximum Gasteiger partial charge on any atom is 0.340 e. The number of benzene rings is 1. The number of nitrogens with one attached hydrogen (secondary N) is 1. The monoisotopic (exact) mass is 305 g/mol. The molecule has 5 nitrogen and oxygen atoms in total. The maximum atomic E-state index is 12.3. The van der Waals surface area contributed by atoms with Crippen molar-refractivity contribution in [3.63, 3.8) is 0 Å². The minimum Gasteiger partial charge on any atom is -0.496 e. The van der Waals surface area contributed by atoms with Gasteiger partial charge in [0, 0.05) is 4.88 Å². The zero-order valence-corrected chi connectivity index (χ0v) is 12.7. The molecule has 0 spiro atoms. The van der Waals surface area contributed by atoms with Crippen LogP contribution in [0.25, 0.3) is 0 Å². The molecule has 0 aliphatic rings. The number of amides is 1. The number of aryl methyl sites for hydroxylation is 1. The fourth-order valence-corrected chi connectivity index (χ4v) is 2.77. The standard InChI is InChI=1S/C15H15NO4S/c1-9-8-11(15(18)20-3)14(21-9)16-13(17)10-6-4-5-7-12(10)19-2/h4-8H,1-3H3,(H,16,17). The first-order valence-corrected chi connectivity index (χ1v) is 7.01. The number of thiophene rings is 1.